The Kier molecular flexibility index (Phi) is 8.57. The summed E-state index contributed by atoms with van der Waals surface area (Å²) in [6.45, 7) is 6.91. The van der Waals surface area contributed by atoms with Gasteiger partial charge in [-0.15, -0.1) is 0 Å². The van der Waals surface area contributed by atoms with E-state index in [0.717, 1.165) is 22.6 Å². The van der Waals surface area contributed by atoms with E-state index in [-0.39, 0.29) is 18.2 Å². The number of benzene rings is 2. The van der Waals surface area contributed by atoms with Crippen molar-refractivity contribution in [1.29, 1.82) is 0 Å². The first-order chi connectivity index (χ1) is 15.9. The molecule has 3 aromatic rings. The third kappa shape index (κ3) is 7.75. The SMILES string of the molecule is CCOc1ccc(-c2noc(CCC(=O)NCc3cccc(NC(=O)CC(C)C)c3)n2)cc1. The summed E-state index contributed by atoms with van der Waals surface area (Å²) in [5, 5.41) is 9.76. The van der Waals surface area contributed by atoms with Crippen LogP contribution in [0.5, 0.6) is 5.75 Å². The first-order valence-electron chi connectivity index (χ1n) is 11.1. The molecule has 0 aliphatic heterocycles. The van der Waals surface area contributed by atoms with Crippen molar-refractivity contribution in [2.75, 3.05) is 11.9 Å². The van der Waals surface area contributed by atoms with Gasteiger partial charge in [0.05, 0.1) is 6.61 Å². The molecule has 1 aromatic heterocycles. The molecule has 2 N–H and O–H groups in total. The average molecular weight is 451 g/mol. The highest BCUT2D eigenvalue weighted by Gasteiger charge is 2.11. The Labute approximate surface area is 193 Å². The lowest BCUT2D eigenvalue weighted by molar-refractivity contribution is -0.121. The monoisotopic (exact) mass is 450 g/mol. The first kappa shape index (κ1) is 24.0. The van der Waals surface area contributed by atoms with Gasteiger partial charge in [-0.05, 0) is 54.8 Å². The molecule has 2 amide bonds. The van der Waals surface area contributed by atoms with Crippen LogP contribution in [0.25, 0.3) is 11.4 Å². The number of ether oxygens (including phenoxy) is 1. The Hall–Kier alpha value is -3.68. The van der Waals surface area contributed by atoms with Gasteiger partial charge in [-0.3, -0.25) is 9.59 Å². The van der Waals surface area contributed by atoms with Gasteiger partial charge < -0.3 is 19.9 Å². The summed E-state index contributed by atoms with van der Waals surface area (Å²) < 4.78 is 10.7. The summed E-state index contributed by atoms with van der Waals surface area (Å²) in [6.07, 6.45) is 1.05. The molecule has 174 valence electrons. The van der Waals surface area contributed by atoms with E-state index >= 15 is 0 Å². The molecule has 3 rings (SSSR count). The molecule has 0 aliphatic carbocycles. The molecule has 0 saturated heterocycles. The lowest BCUT2D eigenvalue weighted by Gasteiger charge is -2.09. The van der Waals surface area contributed by atoms with Gasteiger partial charge >= 0.3 is 0 Å². The van der Waals surface area contributed by atoms with Crippen LogP contribution in [0.4, 0.5) is 5.69 Å². The van der Waals surface area contributed by atoms with Crippen molar-refractivity contribution in [2.24, 2.45) is 5.92 Å². The lowest BCUT2D eigenvalue weighted by Crippen LogP contribution is -2.23. The second-order valence-corrected chi connectivity index (χ2v) is 8.09. The number of carbonyl (C=O) groups is 2. The molecule has 33 heavy (non-hydrogen) atoms. The molecule has 0 bridgehead atoms. The zero-order valence-corrected chi connectivity index (χ0v) is 19.3. The minimum absolute atomic E-state index is 0.0182. The zero-order chi connectivity index (χ0) is 23.6. The van der Waals surface area contributed by atoms with Crippen LogP contribution in [0.3, 0.4) is 0 Å². The zero-order valence-electron chi connectivity index (χ0n) is 19.3. The molecule has 0 spiro atoms. The fraction of sp³-hybridized carbons (Fsp3) is 0.360. The number of rotatable bonds is 11. The van der Waals surface area contributed by atoms with Crippen molar-refractivity contribution < 1.29 is 18.8 Å². The highest BCUT2D eigenvalue weighted by Crippen LogP contribution is 2.20. The second kappa shape index (κ2) is 11.8. The van der Waals surface area contributed by atoms with Gasteiger partial charge in [0.25, 0.3) is 0 Å². The highest BCUT2D eigenvalue weighted by molar-refractivity contribution is 5.90. The number of carbonyl (C=O) groups excluding carboxylic acids is 2. The Morgan fingerprint density at radius 1 is 1.09 bits per heavy atom. The van der Waals surface area contributed by atoms with Gasteiger partial charge in [-0.1, -0.05) is 31.1 Å². The van der Waals surface area contributed by atoms with Crippen molar-refractivity contribution in [1.82, 2.24) is 15.5 Å². The molecule has 1 heterocycles. The van der Waals surface area contributed by atoms with E-state index in [1.165, 1.54) is 0 Å². The summed E-state index contributed by atoms with van der Waals surface area (Å²) in [4.78, 5) is 28.6. The molecular weight excluding hydrogens is 420 g/mol. The number of hydrogen-bond acceptors (Lipinski definition) is 6. The van der Waals surface area contributed by atoms with Crippen LogP contribution < -0.4 is 15.4 Å². The van der Waals surface area contributed by atoms with Crippen LogP contribution >= 0.6 is 0 Å². The third-order valence-electron chi connectivity index (χ3n) is 4.75. The van der Waals surface area contributed by atoms with Crippen molar-refractivity contribution in [3.63, 3.8) is 0 Å². The number of anilines is 1. The molecule has 0 radical (unpaired) electrons. The number of aromatic nitrogens is 2. The van der Waals surface area contributed by atoms with E-state index in [1.807, 2.05) is 69.3 Å². The summed E-state index contributed by atoms with van der Waals surface area (Å²) >= 11 is 0. The molecule has 8 heteroatoms. The molecule has 0 fully saturated rings. The topological polar surface area (TPSA) is 106 Å². The Bertz CT molecular complexity index is 1060. The van der Waals surface area contributed by atoms with Crippen LogP contribution in [-0.2, 0) is 22.6 Å². The van der Waals surface area contributed by atoms with E-state index in [4.69, 9.17) is 9.26 Å². The van der Waals surface area contributed by atoms with Gasteiger partial charge in [0, 0.05) is 37.1 Å². The number of aryl methyl sites for hydroxylation is 1. The molecule has 0 atom stereocenters. The number of nitrogens with one attached hydrogen (secondary N) is 2. The van der Waals surface area contributed by atoms with Gasteiger partial charge in [0.2, 0.25) is 23.5 Å². The maximum atomic E-state index is 12.3. The predicted molar refractivity (Wildman–Crippen MR) is 126 cm³/mol. The maximum Gasteiger partial charge on any atom is 0.227 e. The van der Waals surface area contributed by atoms with Crippen LogP contribution in [0, 0.1) is 5.92 Å². The Morgan fingerprint density at radius 3 is 2.61 bits per heavy atom. The normalized spacial score (nSPS) is 10.8. The quantitative estimate of drug-likeness (QED) is 0.449. The van der Waals surface area contributed by atoms with Crippen molar-refractivity contribution in [3.05, 3.63) is 60.0 Å². The average Bonchev–Trinajstić information content (AvgIpc) is 3.26. The molecule has 0 unspecified atom stereocenters. The largest absolute Gasteiger partial charge is 0.494 e. The molecule has 2 aromatic carbocycles. The van der Waals surface area contributed by atoms with E-state index in [0.29, 0.717) is 43.6 Å². The fourth-order valence-electron chi connectivity index (χ4n) is 3.19. The van der Waals surface area contributed by atoms with Crippen LogP contribution in [0.2, 0.25) is 0 Å². The third-order valence-corrected chi connectivity index (χ3v) is 4.75. The molecule has 0 aliphatic rings. The number of hydrogen-bond donors (Lipinski definition) is 2. The van der Waals surface area contributed by atoms with E-state index in [9.17, 15) is 9.59 Å². The summed E-state index contributed by atoms with van der Waals surface area (Å²) in [7, 11) is 0. The highest BCUT2D eigenvalue weighted by atomic mass is 16.5. The van der Waals surface area contributed by atoms with E-state index in [2.05, 4.69) is 20.8 Å². The van der Waals surface area contributed by atoms with Gasteiger partial charge in [0.15, 0.2) is 0 Å². The summed E-state index contributed by atoms with van der Waals surface area (Å²) in [5.74, 6) is 1.82. The smallest absolute Gasteiger partial charge is 0.227 e. The van der Waals surface area contributed by atoms with Gasteiger partial charge in [-0.2, -0.15) is 4.98 Å². The van der Waals surface area contributed by atoms with Gasteiger partial charge in [-0.25, -0.2) is 0 Å². The van der Waals surface area contributed by atoms with Crippen LogP contribution in [0.1, 0.15) is 45.1 Å². The Morgan fingerprint density at radius 2 is 1.88 bits per heavy atom. The minimum Gasteiger partial charge on any atom is -0.494 e. The van der Waals surface area contributed by atoms with E-state index in [1.54, 1.807) is 0 Å². The summed E-state index contributed by atoms with van der Waals surface area (Å²) in [6, 6.07) is 14.9. The standard InChI is InChI=1S/C25H30N4O4/c1-4-32-21-10-8-19(9-11-21)25-28-24(33-29-25)13-12-22(30)26-16-18-6-5-7-20(15-18)27-23(31)14-17(2)3/h5-11,15,17H,4,12-14,16H2,1-3H3,(H,26,30)(H,27,31). The second-order valence-electron chi connectivity index (χ2n) is 8.09. The van der Waals surface area contributed by atoms with Crippen molar-refractivity contribution in [3.8, 4) is 17.1 Å². The first-order valence-corrected chi connectivity index (χ1v) is 11.1. The number of nitrogens with zero attached hydrogens (tertiary/aromatic N) is 2. The van der Waals surface area contributed by atoms with Crippen LogP contribution in [0.15, 0.2) is 53.1 Å². The Balaban J connectivity index is 1.45. The molecule has 8 nitrogen and oxygen atoms in total. The van der Waals surface area contributed by atoms with E-state index < -0.39 is 0 Å². The van der Waals surface area contributed by atoms with Gasteiger partial charge in [0.1, 0.15) is 5.75 Å². The maximum absolute atomic E-state index is 12.3. The van der Waals surface area contributed by atoms with Crippen LogP contribution in [-0.4, -0.2) is 28.6 Å². The molecule has 0 saturated carbocycles. The van der Waals surface area contributed by atoms with Crippen molar-refractivity contribution >= 4 is 17.5 Å². The summed E-state index contributed by atoms with van der Waals surface area (Å²) in [5.41, 5.74) is 2.44. The van der Waals surface area contributed by atoms with Crippen molar-refractivity contribution in [2.45, 2.75) is 46.6 Å². The lowest BCUT2D eigenvalue weighted by atomic mass is 10.1. The molecular formula is C25H30N4O4. The number of amides is 2. The minimum atomic E-state index is -0.120. The fourth-order valence-corrected chi connectivity index (χ4v) is 3.19. The predicted octanol–water partition coefficient (Wildman–Crippen LogP) is 4.37.